The summed E-state index contributed by atoms with van der Waals surface area (Å²) in [5.41, 5.74) is -0.771. The molecule has 0 aliphatic carbocycles. The second-order valence-corrected chi connectivity index (χ2v) is 3.38. The minimum absolute atomic E-state index is 0.155. The molecule has 1 N–H and O–H groups in total. The second kappa shape index (κ2) is 5.03. The summed E-state index contributed by atoms with van der Waals surface area (Å²) in [5, 5.41) is 8.71. The number of hydrogen-bond acceptors (Lipinski definition) is 2. The molecule has 0 saturated carbocycles. The van der Waals surface area contributed by atoms with Gasteiger partial charge in [0, 0.05) is 22.7 Å². The lowest BCUT2D eigenvalue weighted by molar-refractivity contribution is 0.144. The molecule has 80 valence electrons. The van der Waals surface area contributed by atoms with E-state index < -0.39 is 17.5 Å². The Morgan fingerprint density at radius 2 is 2.27 bits per heavy atom. The summed E-state index contributed by atoms with van der Waals surface area (Å²) in [7, 11) is 0. The highest BCUT2D eigenvalue weighted by molar-refractivity contribution is 9.08. The van der Waals surface area contributed by atoms with Crippen molar-refractivity contribution in [2.45, 2.75) is 18.2 Å². The van der Waals surface area contributed by atoms with Crippen molar-refractivity contribution in [2.24, 2.45) is 0 Å². The fourth-order valence-corrected chi connectivity index (χ4v) is 1.48. The summed E-state index contributed by atoms with van der Waals surface area (Å²) >= 11 is 3.06. The van der Waals surface area contributed by atoms with Crippen LogP contribution < -0.4 is 5.43 Å². The van der Waals surface area contributed by atoms with E-state index in [0.717, 1.165) is 0 Å². The van der Waals surface area contributed by atoms with Crippen LogP contribution >= 0.6 is 15.9 Å². The van der Waals surface area contributed by atoms with E-state index in [2.05, 4.69) is 20.9 Å². The Morgan fingerprint density at radius 3 is 2.73 bits per heavy atom. The molecule has 1 heterocycles. The van der Waals surface area contributed by atoms with Gasteiger partial charge >= 0.3 is 0 Å². The van der Waals surface area contributed by atoms with Crippen LogP contribution in [-0.2, 0) is 11.8 Å². The summed E-state index contributed by atoms with van der Waals surface area (Å²) in [4.78, 5) is 13.8. The van der Waals surface area contributed by atoms with Gasteiger partial charge in [0.05, 0.1) is 18.2 Å². The average molecular weight is 277 g/mol. The van der Waals surface area contributed by atoms with Crippen molar-refractivity contribution in [1.82, 2.24) is 4.98 Å². The Balaban J connectivity index is 3.37. The van der Waals surface area contributed by atoms with E-state index in [0.29, 0.717) is 5.69 Å². The zero-order chi connectivity index (χ0) is 11.4. The van der Waals surface area contributed by atoms with Gasteiger partial charge in [-0.15, -0.1) is 0 Å². The minimum Gasteiger partial charge on any atom is -0.356 e. The molecule has 0 radical (unpaired) electrons. The van der Waals surface area contributed by atoms with Crippen molar-refractivity contribution in [3.63, 3.8) is 0 Å². The lowest BCUT2D eigenvalue weighted by Gasteiger charge is -2.07. The molecular formula is C9H7BrF2N2O. The molecule has 6 heteroatoms. The minimum atomic E-state index is -2.78. The molecule has 0 aliphatic rings. The van der Waals surface area contributed by atoms with Gasteiger partial charge in [-0.1, -0.05) is 15.9 Å². The van der Waals surface area contributed by atoms with Crippen molar-refractivity contribution >= 4 is 15.9 Å². The summed E-state index contributed by atoms with van der Waals surface area (Å²) < 4.78 is 25.1. The number of rotatable bonds is 3. The van der Waals surface area contributed by atoms with Crippen LogP contribution in [0.4, 0.5) is 8.78 Å². The van der Waals surface area contributed by atoms with Crippen molar-refractivity contribution in [3.8, 4) is 6.07 Å². The Labute approximate surface area is 92.9 Å². The third kappa shape index (κ3) is 2.63. The number of nitrogens with one attached hydrogen (secondary N) is 1. The van der Waals surface area contributed by atoms with Gasteiger partial charge < -0.3 is 4.98 Å². The molecular weight excluding hydrogens is 270 g/mol. The van der Waals surface area contributed by atoms with Crippen LogP contribution in [0, 0.1) is 11.3 Å². The molecule has 0 spiro atoms. The van der Waals surface area contributed by atoms with Crippen LogP contribution in [0.1, 0.15) is 23.4 Å². The number of hydrogen-bond donors (Lipinski definition) is 1. The lowest BCUT2D eigenvalue weighted by Crippen LogP contribution is -2.15. The van der Waals surface area contributed by atoms with Gasteiger partial charge in [-0.25, -0.2) is 8.78 Å². The number of halogens is 3. The first-order valence-electron chi connectivity index (χ1n) is 4.06. The Hall–Kier alpha value is -1.22. The van der Waals surface area contributed by atoms with Crippen molar-refractivity contribution in [2.75, 3.05) is 0 Å². The zero-order valence-electron chi connectivity index (χ0n) is 7.56. The molecule has 0 bridgehead atoms. The number of aromatic amines is 1. The van der Waals surface area contributed by atoms with Gasteiger partial charge in [0.2, 0.25) is 0 Å². The molecule has 0 aliphatic heterocycles. The van der Waals surface area contributed by atoms with E-state index >= 15 is 0 Å². The van der Waals surface area contributed by atoms with Crippen LogP contribution in [-0.4, -0.2) is 4.98 Å². The third-order valence-corrected chi connectivity index (χ3v) is 2.45. The molecule has 0 atom stereocenters. The van der Waals surface area contributed by atoms with Crippen LogP contribution in [0.5, 0.6) is 0 Å². The van der Waals surface area contributed by atoms with Crippen LogP contribution in [0.15, 0.2) is 10.9 Å². The van der Waals surface area contributed by atoms with Gasteiger partial charge in [-0.05, 0) is 0 Å². The number of nitriles is 1. The fourth-order valence-electron chi connectivity index (χ4n) is 1.18. The largest absolute Gasteiger partial charge is 0.356 e. The first kappa shape index (κ1) is 11.9. The molecule has 0 fully saturated rings. The summed E-state index contributed by atoms with van der Waals surface area (Å²) in [6.07, 6.45) is -3.09. The number of pyridine rings is 1. The smallest absolute Gasteiger partial charge is 0.278 e. The van der Waals surface area contributed by atoms with E-state index in [-0.39, 0.29) is 17.3 Å². The maximum absolute atomic E-state index is 12.6. The Bertz CT molecular complexity index is 450. The number of H-pyrrole nitrogens is 1. The second-order valence-electron chi connectivity index (χ2n) is 2.82. The molecule has 0 amide bonds. The molecule has 1 aromatic rings. The molecule has 0 aromatic carbocycles. The van der Waals surface area contributed by atoms with E-state index in [1.165, 1.54) is 6.07 Å². The Morgan fingerprint density at radius 1 is 1.60 bits per heavy atom. The molecule has 1 aromatic heterocycles. The van der Waals surface area contributed by atoms with Gasteiger partial charge in [-0.2, -0.15) is 5.26 Å². The average Bonchev–Trinajstić information content (AvgIpc) is 2.20. The van der Waals surface area contributed by atoms with Gasteiger partial charge in [-0.3, -0.25) is 4.79 Å². The third-order valence-electron chi connectivity index (χ3n) is 1.84. The maximum atomic E-state index is 12.6. The van der Waals surface area contributed by atoms with E-state index in [4.69, 9.17) is 5.26 Å². The molecule has 3 nitrogen and oxygen atoms in total. The quantitative estimate of drug-likeness (QED) is 0.861. The highest BCUT2D eigenvalue weighted by atomic mass is 79.9. The fraction of sp³-hybridized carbons (Fsp3) is 0.333. The summed E-state index contributed by atoms with van der Waals surface area (Å²) in [6.45, 7) is 0. The van der Waals surface area contributed by atoms with Gasteiger partial charge in [0.1, 0.15) is 0 Å². The summed E-state index contributed by atoms with van der Waals surface area (Å²) in [5.74, 6) is 0. The van der Waals surface area contributed by atoms with Crippen LogP contribution in [0.25, 0.3) is 0 Å². The molecule has 1 rings (SSSR count). The SMILES string of the molecule is N#CCc1c(C(F)F)[nH]c(CBr)cc1=O. The first-order valence-corrected chi connectivity index (χ1v) is 5.18. The Kier molecular flexibility index (Phi) is 3.97. The topological polar surface area (TPSA) is 56.6 Å². The van der Waals surface area contributed by atoms with Crippen LogP contribution in [0.2, 0.25) is 0 Å². The van der Waals surface area contributed by atoms with Crippen molar-refractivity contribution < 1.29 is 8.78 Å². The van der Waals surface area contributed by atoms with Crippen molar-refractivity contribution in [3.05, 3.63) is 33.2 Å². The van der Waals surface area contributed by atoms with E-state index in [1.54, 1.807) is 6.07 Å². The molecule has 15 heavy (non-hydrogen) atoms. The van der Waals surface area contributed by atoms with Gasteiger partial charge in [0.15, 0.2) is 5.43 Å². The molecule has 0 saturated heterocycles. The van der Waals surface area contributed by atoms with E-state index in [9.17, 15) is 13.6 Å². The predicted molar refractivity (Wildman–Crippen MR) is 54.0 cm³/mol. The lowest BCUT2D eigenvalue weighted by atomic mass is 10.1. The first-order chi connectivity index (χ1) is 7.10. The monoisotopic (exact) mass is 276 g/mol. The van der Waals surface area contributed by atoms with E-state index in [1.807, 2.05) is 0 Å². The number of aromatic nitrogens is 1. The molecule has 0 unspecified atom stereocenters. The van der Waals surface area contributed by atoms with Gasteiger partial charge in [0.25, 0.3) is 6.43 Å². The standard InChI is InChI=1S/C9H7BrF2N2O/c10-4-5-3-7(15)6(1-2-13)8(14-5)9(11)12/h3,9H,1,4H2,(H,14,15). The number of alkyl halides is 3. The predicted octanol–water partition coefficient (Wildman–Crippen LogP) is 2.27. The highest BCUT2D eigenvalue weighted by Crippen LogP contribution is 2.19. The maximum Gasteiger partial charge on any atom is 0.278 e. The van der Waals surface area contributed by atoms with Crippen molar-refractivity contribution in [1.29, 1.82) is 5.26 Å². The normalized spacial score (nSPS) is 10.3. The highest BCUT2D eigenvalue weighted by Gasteiger charge is 2.17. The zero-order valence-corrected chi connectivity index (χ0v) is 9.14. The summed E-state index contributed by atoms with van der Waals surface area (Å²) in [6, 6.07) is 2.91. The van der Waals surface area contributed by atoms with Crippen LogP contribution in [0.3, 0.4) is 0 Å². The number of nitrogens with zero attached hydrogens (tertiary/aromatic N) is 1.